The number of halogens is 3. The third-order valence-electron chi connectivity index (χ3n) is 3.04. The third-order valence-corrected chi connectivity index (χ3v) is 3.04. The molecule has 0 radical (unpaired) electrons. The fourth-order valence-corrected chi connectivity index (χ4v) is 2.12. The van der Waals surface area contributed by atoms with Gasteiger partial charge in [-0.25, -0.2) is 0 Å². The van der Waals surface area contributed by atoms with E-state index in [2.05, 4.69) is 0 Å². The number of nitrogen functional groups attached to an aromatic ring is 1. The summed E-state index contributed by atoms with van der Waals surface area (Å²) < 4.78 is 39.5. The van der Waals surface area contributed by atoms with Crippen molar-refractivity contribution in [1.29, 1.82) is 0 Å². The molecule has 0 aliphatic heterocycles. The molecule has 1 rings (SSSR count). The molecular formula is C14H22F3N3O. The number of nitrogens with zero attached hydrogens (tertiary/aromatic N) is 2. The van der Waals surface area contributed by atoms with Gasteiger partial charge < -0.3 is 15.2 Å². The van der Waals surface area contributed by atoms with Crippen LogP contribution in [0.2, 0.25) is 0 Å². The van der Waals surface area contributed by atoms with Crippen molar-refractivity contribution in [2.24, 2.45) is 0 Å². The number of unbranched alkanes of at least 4 members (excludes halogenated alkanes) is 1. The Labute approximate surface area is 122 Å². The molecule has 0 spiro atoms. The molecule has 0 saturated heterocycles. The highest BCUT2D eigenvalue weighted by atomic mass is 19.4. The molecule has 1 aromatic rings. The molecule has 0 fully saturated rings. The normalized spacial score (nSPS) is 11.7. The minimum Gasteiger partial charge on any atom is -0.397 e. The van der Waals surface area contributed by atoms with E-state index in [0.29, 0.717) is 18.7 Å². The molecule has 0 saturated carbocycles. The fourth-order valence-electron chi connectivity index (χ4n) is 2.12. The van der Waals surface area contributed by atoms with E-state index in [0.717, 1.165) is 17.7 Å². The molecule has 0 unspecified atom stereocenters. The number of carbonyl (C=O) groups is 1. The molecule has 21 heavy (non-hydrogen) atoms. The monoisotopic (exact) mass is 305 g/mol. The molecule has 0 bridgehead atoms. The van der Waals surface area contributed by atoms with E-state index in [1.807, 2.05) is 13.8 Å². The summed E-state index contributed by atoms with van der Waals surface area (Å²) in [6, 6.07) is 1.44. The van der Waals surface area contributed by atoms with Gasteiger partial charge >= 0.3 is 6.18 Å². The molecule has 0 aliphatic carbocycles. The lowest BCUT2D eigenvalue weighted by molar-refractivity contribution is -0.140. The van der Waals surface area contributed by atoms with E-state index in [-0.39, 0.29) is 12.2 Å². The smallest absolute Gasteiger partial charge is 0.397 e. The van der Waals surface area contributed by atoms with E-state index in [4.69, 9.17) is 5.73 Å². The van der Waals surface area contributed by atoms with Gasteiger partial charge in [0.05, 0.1) is 5.69 Å². The van der Waals surface area contributed by atoms with Crippen molar-refractivity contribution in [1.82, 2.24) is 9.47 Å². The van der Waals surface area contributed by atoms with Crippen molar-refractivity contribution in [3.05, 3.63) is 18.0 Å². The van der Waals surface area contributed by atoms with E-state index in [1.165, 1.54) is 6.07 Å². The first kappa shape index (κ1) is 17.4. The maximum absolute atomic E-state index is 12.6. The molecular weight excluding hydrogens is 283 g/mol. The van der Waals surface area contributed by atoms with Crippen LogP contribution < -0.4 is 5.73 Å². The second-order valence-electron chi connectivity index (χ2n) is 5.05. The van der Waals surface area contributed by atoms with Crippen LogP contribution in [-0.2, 0) is 6.54 Å². The van der Waals surface area contributed by atoms with Crippen LogP contribution in [0.1, 0.15) is 43.6 Å². The number of aromatic nitrogens is 1. The van der Waals surface area contributed by atoms with Gasteiger partial charge in [-0.2, -0.15) is 13.2 Å². The Kier molecular flexibility index (Phi) is 6.11. The number of carbonyl (C=O) groups excluding carboxylic acids is 1. The summed E-state index contributed by atoms with van der Waals surface area (Å²) in [5.41, 5.74) is 6.26. The van der Waals surface area contributed by atoms with Gasteiger partial charge in [-0.05, 0) is 18.9 Å². The maximum atomic E-state index is 12.6. The van der Waals surface area contributed by atoms with Crippen LogP contribution in [0.5, 0.6) is 0 Å². The quantitative estimate of drug-likeness (QED) is 0.840. The predicted octanol–water partition coefficient (Wildman–Crippen LogP) is 3.28. The van der Waals surface area contributed by atoms with Gasteiger partial charge in [-0.1, -0.05) is 20.3 Å². The number of hydrogen-bond donors (Lipinski definition) is 1. The molecule has 2 N–H and O–H groups in total. The lowest BCUT2D eigenvalue weighted by atomic mass is 10.2. The van der Waals surface area contributed by atoms with Gasteiger partial charge in [0.2, 0.25) is 0 Å². The van der Waals surface area contributed by atoms with Crippen molar-refractivity contribution in [3.63, 3.8) is 0 Å². The van der Waals surface area contributed by atoms with Crippen molar-refractivity contribution in [2.45, 2.75) is 45.8 Å². The summed E-state index contributed by atoms with van der Waals surface area (Å²) in [5.74, 6) is -0.620. The zero-order chi connectivity index (χ0) is 16.0. The molecule has 1 heterocycles. The van der Waals surface area contributed by atoms with Crippen molar-refractivity contribution < 1.29 is 18.0 Å². The Bertz CT molecular complexity index is 469. The van der Waals surface area contributed by atoms with E-state index in [9.17, 15) is 18.0 Å². The highest BCUT2D eigenvalue weighted by Gasteiger charge is 2.33. The first-order chi connectivity index (χ1) is 9.78. The fraction of sp³-hybridized carbons (Fsp3) is 0.643. The zero-order valence-corrected chi connectivity index (χ0v) is 12.4. The van der Waals surface area contributed by atoms with Crippen LogP contribution in [-0.4, -0.2) is 34.6 Å². The van der Waals surface area contributed by atoms with Crippen LogP contribution in [0, 0.1) is 0 Å². The molecule has 1 amide bonds. The lowest BCUT2D eigenvalue weighted by Crippen LogP contribution is -2.40. The highest BCUT2D eigenvalue weighted by Crippen LogP contribution is 2.20. The van der Waals surface area contributed by atoms with Crippen molar-refractivity contribution >= 4 is 11.6 Å². The minimum atomic E-state index is -4.41. The van der Waals surface area contributed by atoms with Crippen LogP contribution in [0.15, 0.2) is 12.3 Å². The number of nitrogens with two attached hydrogens (primary N) is 1. The average molecular weight is 305 g/mol. The largest absolute Gasteiger partial charge is 0.406 e. The lowest BCUT2D eigenvalue weighted by Gasteiger charge is -2.24. The summed E-state index contributed by atoms with van der Waals surface area (Å²) in [6.45, 7) is 3.20. The van der Waals surface area contributed by atoms with Crippen molar-refractivity contribution in [2.75, 3.05) is 18.8 Å². The molecule has 1 aromatic heterocycles. The summed E-state index contributed by atoms with van der Waals surface area (Å²) in [4.78, 5) is 13.2. The standard InChI is InChI=1S/C14H22F3N3O/c1-3-5-7-20(10-14(15,16)17)13(21)12-8-11(18)9-19(12)6-4-2/h8-9H,3-7,10,18H2,1-2H3. The Balaban J connectivity index is 2.98. The molecule has 7 heteroatoms. The molecule has 0 atom stereocenters. The van der Waals surface area contributed by atoms with Gasteiger partial charge in [0, 0.05) is 19.3 Å². The number of amides is 1. The summed E-state index contributed by atoms with van der Waals surface area (Å²) in [6.07, 6.45) is -0.798. The predicted molar refractivity (Wildman–Crippen MR) is 76.0 cm³/mol. The molecule has 120 valence electrons. The van der Waals surface area contributed by atoms with Gasteiger partial charge in [0.15, 0.2) is 0 Å². The number of rotatable bonds is 7. The van der Waals surface area contributed by atoms with Crippen LogP contribution in [0.4, 0.5) is 18.9 Å². The van der Waals surface area contributed by atoms with E-state index >= 15 is 0 Å². The van der Waals surface area contributed by atoms with Gasteiger partial charge in [0.1, 0.15) is 12.2 Å². The van der Waals surface area contributed by atoms with Crippen LogP contribution >= 0.6 is 0 Å². The summed E-state index contributed by atoms with van der Waals surface area (Å²) >= 11 is 0. The third kappa shape index (κ3) is 5.32. The molecule has 0 aliphatic rings. The Morgan fingerprint density at radius 1 is 1.33 bits per heavy atom. The molecule has 4 nitrogen and oxygen atoms in total. The molecule has 0 aromatic carbocycles. The number of alkyl halides is 3. The van der Waals surface area contributed by atoms with Gasteiger partial charge in [-0.3, -0.25) is 4.79 Å². The highest BCUT2D eigenvalue weighted by molar-refractivity contribution is 5.93. The van der Waals surface area contributed by atoms with Gasteiger partial charge in [-0.15, -0.1) is 0 Å². The van der Waals surface area contributed by atoms with Crippen LogP contribution in [0.3, 0.4) is 0 Å². The Morgan fingerprint density at radius 3 is 2.52 bits per heavy atom. The Morgan fingerprint density at radius 2 is 2.00 bits per heavy atom. The first-order valence-corrected chi connectivity index (χ1v) is 7.10. The second kappa shape index (κ2) is 7.38. The minimum absolute atomic E-state index is 0.0893. The SMILES string of the molecule is CCCCN(CC(F)(F)F)C(=O)c1cc(N)cn1CCC. The van der Waals surface area contributed by atoms with E-state index in [1.54, 1.807) is 10.8 Å². The number of aryl methyl sites for hydroxylation is 1. The zero-order valence-electron chi connectivity index (χ0n) is 12.4. The second-order valence-corrected chi connectivity index (χ2v) is 5.05. The summed E-state index contributed by atoms with van der Waals surface area (Å²) in [7, 11) is 0. The van der Waals surface area contributed by atoms with Crippen LogP contribution in [0.25, 0.3) is 0 Å². The summed E-state index contributed by atoms with van der Waals surface area (Å²) in [5, 5.41) is 0. The van der Waals surface area contributed by atoms with E-state index < -0.39 is 18.6 Å². The first-order valence-electron chi connectivity index (χ1n) is 7.10. The number of hydrogen-bond acceptors (Lipinski definition) is 2. The topological polar surface area (TPSA) is 51.3 Å². The van der Waals surface area contributed by atoms with Crippen molar-refractivity contribution in [3.8, 4) is 0 Å². The maximum Gasteiger partial charge on any atom is 0.406 e. The average Bonchev–Trinajstić information content (AvgIpc) is 2.74. The Hall–Kier alpha value is -1.66. The van der Waals surface area contributed by atoms with Gasteiger partial charge in [0.25, 0.3) is 5.91 Å². The number of anilines is 1.